The summed E-state index contributed by atoms with van der Waals surface area (Å²) in [5.74, 6) is -0.778. The van der Waals surface area contributed by atoms with Crippen LogP contribution >= 0.6 is 7.82 Å². The number of carbonyl (C=O) groups excluding carboxylic acids is 2. The Morgan fingerprint density at radius 2 is 0.635 bits per heavy atom. The lowest BCUT2D eigenvalue weighted by Crippen LogP contribution is -2.37. The van der Waals surface area contributed by atoms with Crippen LogP contribution in [0.1, 0.15) is 393 Å². The van der Waals surface area contributed by atoms with Crippen LogP contribution in [0, 0.1) is 0 Å². The maximum absolute atomic E-state index is 12.9. The molecule has 504 valence electrons. The summed E-state index contributed by atoms with van der Waals surface area (Å²) in [5, 5.41) is 0. The third-order valence-electron chi connectivity index (χ3n) is 17.2. The van der Waals surface area contributed by atoms with Gasteiger partial charge in [0.25, 0.3) is 0 Å². The molecule has 0 saturated carbocycles. The summed E-state index contributed by atoms with van der Waals surface area (Å²) in [6.07, 6.45) is 84.6. The number of carbonyl (C=O) groups is 2. The lowest BCUT2D eigenvalue weighted by molar-refractivity contribution is -0.870. The molecule has 0 aliphatic rings. The van der Waals surface area contributed by atoms with Crippen LogP contribution in [0.15, 0.2) is 24.3 Å². The predicted octanol–water partition coefficient (Wildman–Crippen LogP) is 24.4. The number of esters is 2. The normalized spacial score (nSPS) is 13.2. The summed E-state index contributed by atoms with van der Waals surface area (Å²) in [6, 6.07) is 0. The molecule has 1 N–H and O–H groups in total. The van der Waals surface area contributed by atoms with Crippen LogP contribution < -0.4 is 0 Å². The van der Waals surface area contributed by atoms with Crippen molar-refractivity contribution < 1.29 is 42.1 Å². The van der Waals surface area contributed by atoms with Gasteiger partial charge in [-0.25, -0.2) is 4.57 Å². The van der Waals surface area contributed by atoms with Crippen molar-refractivity contribution in [2.24, 2.45) is 0 Å². The molecular weight excluding hydrogens is 1070 g/mol. The van der Waals surface area contributed by atoms with E-state index in [1.807, 2.05) is 21.1 Å². The number of allylic oxidation sites excluding steroid dienone is 4. The van der Waals surface area contributed by atoms with Crippen molar-refractivity contribution in [1.29, 1.82) is 0 Å². The van der Waals surface area contributed by atoms with Gasteiger partial charge < -0.3 is 18.9 Å². The summed E-state index contributed by atoms with van der Waals surface area (Å²) in [4.78, 5) is 35.9. The molecule has 0 aromatic carbocycles. The number of rotatable bonds is 71. The van der Waals surface area contributed by atoms with Gasteiger partial charge in [0.05, 0.1) is 27.7 Å². The number of quaternary nitrogens is 1. The molecule has 85 heavy (non-hydrogen) atoms. The molecule has 0 spiro atoms. The van der Waals surface area contributed by atoms with E-state index in [0.717, 1.165) is 38.5 Å². The molecule has 0 rings (SSSR count). The SMILES string of the molecule is CCCCCCC/C=C\C/C=C\CCCCCCCCCCCCCC(=O)OC(COC(=O)CCCCCCCCCCCCCCCCCCCCCCCCCCCCCCCCCCCCCCCC)COP(=O)(O)OCC[N+](C)(C)C. The van der Waals surface area contributed by atoms with E-state index in [1.54, 1.807) is 0 Å². The van der Waals surface area contributed by atoms with Gasteiger partial charge in [0.1, 0.15) is 19.8 Å². The molecular formula is C75H147NO8P+. The summed E-state index contributed by atoms with van der Waals surface area (Å²) < 4.78 is 34.8. The van der Waals surface area contributed by atoms with Crippen LogP contribution in [-0.4, -0.2) is 74.9 Å². The highest BCUT2D eigenvalue weighted by molar-refractivity contribution is 7.47. The molecule has 0 bridgehead atoms. The molecule has 0 aliphatic heterocycles. The van der Waals surface area contributed by atoms with Gasteiger partial charge in [-0.3, -0.25) is 18.6 Å². The molecule has 0 aliphatic carbocycles. The average Bonchev–Trinajstić information content (AvgIpc) is 3.50. The fourth-order valence-electron chi connectivity index (χ4n) is 11.5. The molecule has 0 aromatic rings. The van der Waals surface area contributed by atoms with Crippen LogP contribution in [0.4, 0.5) is 0 Å². The zero-order chi connectivity index (χ0) is 61.9. The van der Waals surface area contributed by atoms with Gasteiger partial charge in [0, 0.05) is 12.8 Å². The number of ether oxygens (including phenoxy) is 2. The van der Waals surface area contributed by atoms with Crippen LogP contribution in [0.3, 0.4) is 0 Å². The lowest BCUT2D eigenvalue weighted by atomic mass is 10.0. The smallest absolute Gasteiger partial charge is 0.462 e. The number of hydrogen-bond acceptors (Lipinski definition) is 7. The second-order valence-electron chi connectivity index (χ2n) is 27.0. The largest absolute Gasteiger partial charge is 0.472 e. The number of nitrogens with zero attached hydrogens (tertiary/aromatic N) is 1. The van der Waals surface area contributed by atoms with E-state index in [1.165, 1.54) is 321 Å². The molecule has 9 nitrogen and oxygen atoms in total. The fraction of sp³-hybridized carbons (Fsp3) is 0.920. The second-order valence-corrected chi connectivity index (χ2v) is 28.5. The first kappa shape index (κ1) is 83.5. The average molecular weight is 1220 g/mol. The zero-order valence-corrected chi connectivity index (χ0v) is 58.5. The minimum absolute atomic E-state index is 0.0342. The Morgan fingerprint density at radius 1 is 0.365 bits per heavy atom. The lowest BCUT2D eigenvalue weighted by Gasteiger charge is -2.24. The van der Waals surface area contributed by atoms with Crippen molar-refractivity contribution in [2.75, 3.05) is 47.5 Å². The van der Waals surface area contributed by atoms with Crippen molar-refractivity contribution in [3.63, 3.8) is 0 Å². The first-order valence-electron chi connectivity index (χ1n) is 37.6. The standard InChI is InChI=1S/C75H146NO8P/c1-6-8-10-12-14-16-18-20-22-24-26-28-30-31-32-33-34-35-36-37-38-39-40-41-42-43-44-46-47-49-51-53-55-57-59-61-63-65-67-74(77)81-71-73(72-83-85(79,80)82-70-69-76(3,4)5)84-75(78)68-66-64-62-60-58-56-54-52-50-48-45-29-27-25-23-21-19-17-15-13-11-9-7-2/h19,21,25,27,73H,6-18,20,22-24,26,28-72H2,1-5H3/p+1/b21-19-,27-25-. The Balaban J connectivity index is 3.89. The minimum atomic E-state index is -4.39. The quantitative estimate of drug-likeness (QED) is 0.0211. The van der Waals surface area contributed by atoms with Gasteiger partial charge in [0.15, 0.2) is 6.10 Å². The molecule has 0 fully saturated rings. The van der Waals surface area contributed by atoms with Gasteiger partial charge in [-0.1, -0.05) is 359 Å². The second kappa shape index (κ2) is 66.9. The minimum Gasteiger partial charge on any atom is -0.462 e. The Bertz CT molecular complexity index is 1480. The van der Waals surface area contributed by atoms with Crippen LogP contribution in [0.2, 0.25) is 0 Å². The molecule has 0 radical (unpaired) electrons. The van der Waals surface area contributed by atoms with Crippen molar-refractivity contribution in [3.05, 3.63) is 24.3 Å². The van der Waals surface area contributed by atoms with Crippen molar-refractivity contribution in [3.8, 4) is 0 Å². The topological polar surface area (TPSA) is 108 Å². The summed E-state index contributed by atoms with van der Waals surface area (Å²) in [7, 11) is 1.50. The third kappa shape index (κ3) is 71.4. The van der Waals surface area contributed by atoms with E-state index in [4.69, 9.17) is 18.5 Å². The fourth-order valence-corrected chi connectivity index (χ4v) is 12.2. The number of phosphoric acid groups is 1. The van der Waals surface area contributed by atoms with Gasteiger partial charge in [-0.2, -0.15) is 0 Å². The van der Waals surface area contributed by atoms with Crippen LogP contribution in [0.25, 0.3) is 0 Å². The molecule has 2 atom stereocenters. The number of unbranched alkanes of at least 4 members (excludes halogenated alkanes) is 53. The molecule has 2 unspecified atom stereocenters. The van der Waals surface area contributed by atoms with E-state index >= 15 is 0 Å². The molecule has 10 heteroatoms. The summed E-state index contributed by atoms with van der Waals surface area (Å²) in [5.41, 5.74) is 0. The highest BCUT2D eigenvalue weighted by Crippen LogP contribution is 2.43. The van der Waals surface area contributed by atoms with E-state index in [0.29, 0.717) is 23.9 Å². The van der Waals surface area contributed by atoms with Crippen molar-refractivity contribution in [1.82, 2.24) is 0 Å². The van der Waals surface area contributed by atoms with E-state index in [-0.39, 0.29) is 25.6 Å². The van der Waals surface area contributed by atoms with Gasteiger partial charge in [-0.15, -0.1) is 0 Å². The van der Waals surface area contributed by atoms with Gasteiger partial charge >= 0.3 is 19.8 Å². The Hall–Kier alpha value is -1.51. The number of hydrogen-bond donors (Lipinski definition) is 1. The first-order chi connectivity index (χ1) is 41.5. The van der Waals surface area contributed by atoms with Gasteiger partial charge in [-0.05, 0) is 44.9 Å². The molecule has 0 amide bonds. The molecule has 0 saturated heterocycles. The Kier molecular flexibility index (Phi) is 65.7. The summed E-state index contributed by atoms with van der Waals surface area (Å²) >= 11 is 0. The first-order valence-corrected chi connectivity index (χ1v) is 39.1. The monoisotopic (exact) mass is 1220 g/mol. The van der Waals surface area contributed by atoms with Crippen LogP contribution in [-0.2, 0) is 32.7 Å². The van der Waals surface area contributed by atoms with Crippen LogP contribution in [0.5, 0.6) is 0 Å². The van der Waals surface area contributed by atoms with Gasteiger partial charge in [0.2, 0.25) is 0 Å². The van der Waals surface area contributed by atoms with E-state index in [9.17, 15) is 19.0 Å². The Morgan fingerprint density at radius 3 is 0.929 bits per heavy atom. The van der Waals surface area contributed by atoms with E-state index < -0.39 is 26.5 Å². The predicted molar refractivity (Wildman–Crippen MR) is 367 cm³/mol. The highest BCUT2D eigenvalue weighted by Gasteiger charge is 2.27. The maximum atomic E-state index is 12.9. The van der Waals surface area contributed by atoms with Crippen molar-refractivity contribution >= 4 is 19.8 Å². The molecule has 0 heterocycles. The number of phosphoric ester groups is 1. The Labute approximate surface area is 529 Å². The summed E-state index contributed by atoms with van der Waals surface area (Å²) in [6.45, 7) is 4.50. The third-order valence-corrected chi connectivity index (χ3v) is 18.2. The number of likely N-dealkylation sites (N-methyl/N-ethyl adjacent to an activating group) is 1. The maximum Gasteiger partial charge on any atom is 0.472 e. The highest BCUT2D eigenvalue weighted by atomic mass is 31.2. The zero-order valence-electron chi connectivity index (χ0n) is 57.6. The van der Waals surface area contributed by atoms with Crippen molar-refractivity contribution in [2.45, 2.75) is 399 Å². The molecule has 0 aromatic heterocycles. The van der Waals surface area contributed by atoms with E-state index in [2.05, 4.69) is 38.2 Å².